The molecule has 0 aromatic heterocycles. The number of nitrogens with zero attached hydrogens (tertiary/aromatic N) is 3. The smallest absolute Gasteiger partial charge is 0.290 e. The lowest BCUT2D eigenvalue weighted by Crippen LogP contribution is -2.44. The van der Waals surface area contributed by atoms with Crippen molar-refractivity contribution in [2.75, 3.05) is 31.6 Å². The molecule has 1 aromatic rings. The number of aliphatic imine (C=N–C) groups is 1. The molecule has 2 atom stereocenters. The molecular weight excluding hydrogens is 470 g/mol. The first-order valence-electron chi connectivity index (χ1n) is 13.3. The number of anilines is 1. The summed E-state index contributed by atoms with van der Waals surface area (Å²) in [6.07, 6.45) is 7.84. The Morgan fingerprint density at radius 3 is 2.70 bits per heavy atom. The number of carbonyl (C=O) groups is 2. The standard InChI is InChI=1S/C28H35N5O4/c1-28(2)36-17-24(37-28)27(35)33-12-10-18(11-13-33)20-8-9-23(22(14-20)19-6-4-3-5-7-19)32-26(34)25-30-16-21(15-29)31-25/h6,8-9,14,18,21,24H,3-5,7,10-13,16-17H2,1-2H3,(H,30,31)(H,32,34). The molecule has 9 nitrogen and oxygen atoms in total. The summed E-state index contributed by atoms with van der Waals surface area (Å²) >= 11 is 0. The van der Waals surface area contributed by atoms with Gasteiger partial charge in [-0.2, -0.15) is 5.26 Å². The van der Waals surface area contributed by atoms with Crippen molar-refractivity contribution in [1.29, 1.82) is 5.26 Å². The second-order valence-electron chi connectivity index (χ2n) is 10.7. The number of hydrogen-bond acceptors (Lipinski definition) is 7. The first-order valence-corrected chi connectivity index (χ1v) is 13.3. The monoisotopic (exact) mass is 505 g/mol. The zero-order chi connectivity index (χ0) is 26.0. The molecule has 0 bridgehead atoms. The molecule has 0 spiro atoms. The van der Waals surface area contributed by atoms with E-state index in [0.717, 1.165) is 43.4 Å². The van der Waals surface area contributed by atoms with Gasteiger partial charge in [0, 0.05) is 24.3 Å². The fourth-order valence-electron chi connectivity index (χ4n) is 5.55. The number of likely N-dealkylation sites (tertiary alicyclic amines) is 1. The Hall–Kier alpha value is -3.22. The van der Waals surface area contributed by atoms with Crippen LogP contribution in [-0.4, -0.2) is 66.7 Å². The summed E-state index contributed by atoms with van der Waals surface area (Å²) in [5.74, 6) is -0.478. The van der Waals surface area contributed by atoms with Gasteiger partial charge in [0.15, 0.2) is 17.7 Å². The number of amides is 2. The number of benzene rings is 1. The van der Waals surface area contributed by atoms with Gasteiger partial charge < -0.3 is 25.0 Å². The van der Waals surface area contributed by atoms with Gasteiger partial charge in [0.2, 0.25) is 0 Å². The Morgan fingerprint density at radius 2 is 2.05 bits per heavy atom. The number of rotatable bonds is 5. The summed E-state index contributed by atoms with van der Waals surface area (Å²) in [7, 11) is 0. The minimum atomic E-state index is -0.710. The van der Waals surface area contributed by atoms with Crippen molar-refractivity contribution in [3.8, 4) is 6.07 Å². The second kappa shape index (κ2) is 10.6. The number of piperidine rings is 1. The number of nitrogens with one attached hydrogen (secondary N) is 2. The third kappa shape index (κ3) is 5.71. The van der Waals surface area contributed by atoms with Gasteiger partial charge in [-0.25, -0.2) is 0 Å². The van der Waals surface area contributed by atoms with Crippen LogP contribution < -0.4 is 10.6 Å². The molecule has 0 saturated carbocycles. The number of amidine groups is 1. The molecule has 196 valence electrons. The van der Waals surface area contributed by atoms with E-state index < -0.39 is 17.9 Å². The first kappa shape index (κ1) is 25.4. The second-order valence-corrected chi connectivity index (χ2v) is 10.7. The lowest BCUT2D eigenvalue weighted by Gasteiger charge is -2.34. The average Bonchev–Trinajstić information content (AvgIpc) is 3.55. The SMILES string of the molecule is CC1(C)OCC(C(=O)N2CCC(c3ccc(NC(=O)C4=NCC(C#N)N4)c(C4=CCCCC4)c3)CC2)O1. The molecule has 4 aliphatic rings. The summed E-state index contributed by atoms with van der Waals surface area (Å²) in [6, 6.07) is 7.93. The van der Waals surface area contributed by atoms with Crippen LogP contribution in [-0.2, 0) is 19.1 Å². The fraction of sp³-hybridized carbons (Fsp3) is 0.571. The Balaban J connectivity index is 1.28. The van der Waals surface area contributed by atoms with Crippen LogP contribution in [0.4, 0.5) is 5.69 Å². The van der Waals surface area contributed by atoms with Crippen LogP contribution in [0.25, 0.3) is 5.57 Å². The van der Waals surface area contributed by atoms with Crippen molar-refractivity contribution >= 4 is 28.9 Å². The lowest BCUT2D eigenvalue weighted by atomic mass is 9.85. The van der Waals surface area contributed by atoms with Crippen LogP contribution >= 0.6 is 0 Å². The summed E-state index contributed by atoms with van der Waals surface area (Å²) in [6.45, 7) is 5.63. The highest BCUT2D eigenvalue weighted by Crippen LogP contribution is 2.37. The molecule has 3 heterocycles. The fourth-order valence-corrected chi connectivity index (χ4v) is 5.55. The first-order chi connectivity index (χ1) is 17.8. The van der Waals surface area contributed by atoms with Crippen molar-refractivity contribution in [2.45, 2.75) is 76.2 Å². The molecule has 2 N–H and O–H groups in total. The zero-order valence-corrected chi connectivity index (χ0v) is 21.6. The van der Waals surface area contributed by atoms with Gasteiger partial charge in [-0.15, -0.1) is 0 Å². The third-order valence-electron chi connectivity index (χ3n) is 7.60. The maximum Gasteiger partial charge on any atom is 0.290 e. The van der Waals surface area contributed by atoms with Crippen LogP contribution in [0.1, 0.15) is 69.4 Å². The van der Waals surface area contributed by atoms with Crippen LogP contribution in [0.5, 0.6) is 0 Å². The Labute approximate surface area is 217 Å². The van der Waals surface area contributed by atoms with Crippen LogP contribution in [0.2, 0.25) is 0 Å². The summed E-state index contributed by atoms with van der Waals surface area (Å²) < 4.78 is 11.3. The van der Waals surface area contributed by atoms with Gasteiger partial charge in [0.05, 0.1) is 19.2 Å². The molecule has 37 heavy (non-hydrogen) atoms. The number of ether oxygens (including phenoxy) is 2. The molecule has 2 amide bonds. The van der Waals surface area contributed by atoms with Gasteiger partial charge in [-0.05, 0) is 81.6 Å². The molecule has 5 rings (SSSR count). The summed E-state index contributed by atoms with van der Waals surface area (Å²) in [4.78, 5) is 31.9. The molecule has 2 unspecified atom stereocenters. The molecule has 1 aliphatic carbocycles. The van der Waals surface area contributed by atoms with Crippen LogP contribution in [0, 0.1) is 11.3 Å². The Morgan fingerprint density at radius 1 is 1.24 bits per heavy atom. The molecule has 2 saturated heterocycles. The van der Waals surface area contributed by atoms with Crippen LogP contribution in [0.15, 0.2) is 29.3 Å². The van der Waals surface area contributed by atoms with Crippen molar-refractivity contribution in [1.82, 2.24) is 10.2 Å². The van der Waals surface area contributed by atoms with Crippen molar-refractivity contribution in [3.63, 3.8) is 0 Å². The number of nitriles is 1. The topological polar surface area (TPSA) is 116 Å². The predicted octanol–water partition coefficient (Wildman–Crippen LogP) is 3.33. The normalized spacial score (nSPS) is 25.6. The quantitative estimate of drug-likeness (QED) is 0.634. The van der Waals surface area contributed by atoms with Gasteiger partial charge in [0.1, 0.15) is 6.04 Å². The van der Waals surface area contributed by atoms with Gasteiger partial charge in [-0.3, -0.25) is 14.6 Å². The maximum absolute atomic E-state index is 12.9. The van der Waals surface area contributed by atoms with Gasteiger partial charge in [0.25, 0.3) is 11.8 Å². The van der Waals surface area contributed by atoms with E-state index in [9.17, 15) is 9.59 Å². The Kier molecular flexibility index (Phi) is 7.31. The molecule has 3 aliphatic heterocycles. The Bertz CT molecular complexity index is 1160. The molecule has 9 heteroatoms. The van der Waals surface area contributed by atoms with E-state index in [0.29, 0.717) is 25.6 Å². The van der Waals surface area contributed by atoms with E-state index in [1.165, 1.54) is 17.6 Å². The van der Waals surface area contributed by atoms with E-state index in [1.54, 1.807) is 0 Å². The summed E-state index contributed by atoms with van der Waals surface area (Å²) in [5, 5.41) is 15.0. The van der Waals surface area contributed by atoms with E-state index in [4.69, 9.17) is 14.7 Å². The van der Waals surface area contributed by atoms with Gasteiger partial charge in [-0.1, -0.05) is 12.1 Å². The minimum Gasteiger partial charge on any atom is -0.349 e. The van der Waals surface area contributed by atoms with Crippen LogP contribution in [0.3, 0.4) is 0 Å². The van der Waals surface area contributed by atoms with E-state index in [2.05, 4.69) is 39.9 Å². The highest BCUT2D eigenvalue weighted by atomic mass is 16.7. The highest BCUT2D eigenvalue weighted by Gasteiger charge is 2.39. The maximum atomic E-state index is 12.9. The number of hydrogen-bond donors (Lipinski definition) is 2. The van der Waals surface area contributed by atoms with E-state index >= 15 is 0 Å². The predicted molar refractivity (Wildman–Crippen MR) is 140 cm³/mol. The van der Waals surface area contributed by atoms with Crippen molar-refractivity contribution in [3.05, 3.63) is 35.4 Å². The number of carbonyl (C=O) groups excluding carboxylic acids is 2. The lowest BCUT2D eigenvalue weighted by molar-refractivity contribution is -0.160. The zero-order valence-electron chi connectivity index (χ0n) is 21.6. The third-order valence-corrected chi connectivity index (χ3v) is 7.60. The molecule has 1 aromatic carbocycles. The minimum absolute atomic E-state index is 0.0113. The molecule has 2 fully saturated rings. The van der Waals surface area contributed by atoms with Crippen molar-refractivity contribution < 1.29 is 19.1 Å². The largest absolute Gasteiger partial charge is 0.349 e. The van der Waals surface area contributed by atoms with Crippen molar-refractivity contribution in [2.24, 2.45) is 4.99 Å². The average molecular weight is 506 g/mol. The summed E-state index contributed by atoms with van der Waals surface area (Å²) in [5.41, 5.74) is 4.31. The molecule has 0 radical (unpaired) electrons. The van der Waals surface area contributed by atoms with Gasteiger partial charge >= 0.3 is 0 Å². The highest BCUT2D eigenvalue weighted by molar-refractivity contribution is 6.42. The van der Waals surface area contributed by atoms with E-state index in [-0.39, 0.29) is 24.2 Å². The van der Waals surface area contributed by atoms with E-state index in [1.807, 2.05) is 24.8 Å². The number of allylic oxidation sites excluding steroid dienone is 2. The molecular formula is C28H35N5O4.